The van der Waals surface area contributed by atoms with Gasteiger partial charge >= 0.3 is 0 Å². The molecule has 0 fully saturated rings. The van der Waals surface area contributed by atoms with Crippen molar-refractivity contribution in [2.75, 3.05) is 0 Å². The van der Waals surface area contributed by atoms with Gasteiger partial charge in [0.15, 0.2) is 5.78 Å². The Bertz CT molecular complexity index is 568. The second-order valence-electron chi connectivity index (χ2n) is 4.07. The molecule has 0 radical (unpaired) electrons. The van der Waals surface area contributed by atoms with Crippen molar-refractivity contribution in [2.24, 2.45) is 0 Å². The summed E-state index contributed by atoms with van der Waals surface area (Å²) in [5, 5.41) is 0. The standard InChI is InChI=1S/C16H13FO/c1-12(11-13-7-9-15(17)10-8-13)16(18)14-5-3-2-4-6-14/h2-11H,1H3/b12-11+. The second kappa shape index (κ2) is 5.41. The lowest BCUT2D eigenvalue weighted by atomic mass is 10.0. The summed E-state index contributed by atoms with van der Waals surface area (Å²) in [5.74, 6) is -0.292. The molecule has 0 spiro atoms. The fraction of sp³-hybridized carbons (Fsp3) is 0.0625. The van der Waals surface area contributed by atoms with Crippen LogP contribution in [0.15, 0.2) is 60.2 Å². The topological polar surface area (TPSA) is 17.1 Å². The highest BCUT2D eigenvalue weighted by atomic mass is 19.1. The maximum atomic E-state index is 12.8. The summed E-state index contributed by atoms with van der Waals surface area (Å²) in [6.45, 7) is 1.76. The van der Waals surface area contributed by atoms with Gasteiger partial charge in [0.2, 0.25) is 0 Å². The highest BCUT2D eigenvalue weighted by Gasteiger charge is 2.06. The lowest BCUT2D eigenvalue weighted by Gasteiger charge is -2.01. The van der Waals surface area contributed by atoms with Crippen LogP contribution in [0.2, 0.25) is 0 Å². The monoisotopic (exact) mass is 240 g/mol. The SMILES string of the molecule is C/C(=C\c1ccc(F)cc1)C(=O)c1ccccc1. The van der Waals surface area contributed by atoms with Gasteiger partial charge in [-0.25, -0.2) is 4.39 Å². The Kier molecular flexibility index (Phi) is 3.68. The lowest BCUT2D eigenvalue weighted by molar-refractivity contribution is 0.103. The van der Waals surface area contributed by atoms with Gasteiger partial charge in [-0.05, 0) is 36.3 Å². The van der Waals surface area contributed by atoms with Crippen LogP contribution in [0.4, 0.5) is 4.39 Å². The van der Waals surface area contributed by atoms with Gasteiger partial charge in [-0.1, -0.05) is 42.5 Å². The van der Waals surface area contributed by atoms with Crippen LogP contribution in [0.5, 0.6) is 0 Å². The quantitative estimate of drug-likeness (QED) is 0.582. The fourth-order valence-corrected chi connectivity index (χ4v) is 1.69. The third kappa shape index (κ3) is 2.92. The number of allylic oxidation sites excluding steroid dienone is 1. The van der Waals surface area contributed by atoms with E-state index in [1.807, 2.05) is 18.2 Å². The Morgan fingerprint density at radius 2 is 1.61 bits per heavy atom. The lowest BCUT2D eigenvalue weighted by Crippen LogP contribution is -1.99. The van der Waals surface area contributed by atoms with E-state index in [4.69, 9.17) is 0 Å². The number of ketones is 1. The number of rotatable bonds is 3. The number of hydrogen-bond donors (Lipinski definition) is 0. The van der Waals surface area contributed by atoms with Crippen molar-refractivity contribution in [3.8, 4) is 0 Å². The maximum Gasteiger partial charge on any atom is 0.188 e. The number of halogens is 1. The molecule has 0 saturated heterocycles. The van der Waals surface area contributed by atoms with Gasteiger partial charge in [-0.2, -0.15) is 0 Å². The van der Waals surface area contributed by atoms with Gasteiger partial charge in [0.05, 0.1) is 0 Å². The fourth-order valence-electron chi connectivity index (χ4n) is 1.69. The number of benzene rings is 2. The number of carbonyl (C=O) groups is 1. The Morgan fingerprint density at radius 3 is 2.22 bits per heavy atom. The summed E-state index contributed by atoms with van der Waals surface area (Å²) >= 11 is 0. The van der Waals surface area contributed by atoms with Crippen LogP contribution in [0.1, 0.15) is 22.8 Å². The molecule has 2 aromatic rings. The molecule has 18 heavy (non-hydrogen) atoms. The smallest absolute Gasteiger partial charge is 0.188 e. The molecule has 90 valence electrons. The summed E-state index contributed by atoms with van der Waals surface area (Å²) in [6.07, 6.45) is 1.76. The summed E-state index contributed by atoms with van der Waals surface area (Å²) in [6, 6.07) is 15.2. The van der Waals surface area contributed by atoms with Crippen molar-refractivity contribution in [2.45, 2.75) is 6.92 Å². The first-order valence-corrected chi connectivity index (χ1v) is 5.70. The first-order valence-electron chi connectivity index (χ1n) is 5.70. The number of carbonyl (C=O) groups excluding carboxylic acids is 1. The second-order valence-corrected chi connectivity index (χ2v) is 4.07. The molecule has 0 amide bonds. The molecular weight excluding hydrogens is 227 g/mol. The molecular formula is C16H13FO. The van der Waals surface area contributed by atoms with Crippen molar-refractivity contribution < 1.29 is 9.18 Å². The molecule has 0 aliphatic rings. The highest BCUT2D eigenvalue weighted by molar-refractivity contribution is 6.10. The van der Waals surface area contributed by atoms with Gasteiger partial charge in [-0.3, -0.25) is 4.79 Å². The van der Waals surface area contributed by atoms with E-state index in [0.29, 0.717) is 11.1 Å². The summed E-state index contributed by atoms with van der Waals surface area (Å²) < 4.78 is 12.8. The van der Waals surface area contributed by atoms with Gasteiger partial charge in [0, 0.05) is 5.56 Å². The number of hydrogen-bond acceptors (Lipinski definition) is 1. The first-order chi connectivity index (χ1) is 8.66. The van der Waals surface area contributed by atoms with Crippen molar-refractivity contribution in [3.05, 3.63) is 77.1 Å². The van der Waals surface area contributed by atoms with E-state index in [-0.39, 0.29) is 11.6 Å². The number of Topliss-reactive ketones (excluding diaryl/α,β-unsaturated/α-hetero) is 1. The minimum absolute atomic E-state index is 0.0140. The summed E-state index contributed by atoms with van der Waals surface area (Å²) in [5.41, 5.74) is 2.11. The zero-order chi connectivity index (χ0) is 13.0. The zero-order valence-electron chi connectivity index (χ0n) is 10.1. The van der Waals surface area contributed by atoms with Gasteiger partial charge in [0.1, 0.15) is 5.82 Å². The van der Waals surface area contributed by atoms with Crippen LogP contribution in [0, 0.1) is 5.82 Å². The third-order valence-electron chi connectivity index (χ3n) is 2.65. The van der Waals surface area contributed by atoms with E-state index >= 15 is 0 Å². The molecule has 0 aliphatic heterocycles. The van der Waals surface area contributed by atoms with E-state index in [1.165, 1.54) is 12.1 Å². The normalized spacial score (nSPS) is 11.3. The first kappa shape index (κ1) is 12.2. The largest absolute Gasteiger partial charge is 0.289 e. The van der Waals surface area contributed by atoms with Crippen LogP contribution < -0.4 is 0 Å². The molecule has 0 atom stereocenters. The van der Waals surface area contributed by atoms with E-state index < -0.39 is 0 Å². The van der Waals surface area contributed by atoms with Crippen LogP contribution in [0.3, 0.4) is 0 Å². The predicted octanol–water partition coefficient (Wildman–Crippen LogP) is 4.11. The molecule has 0 heterocycles. The molecule has 2 heteroatoms. The summed E-state index contributed by atoms with van der Waals surface area (Å²) in [7, 11) is 0. The van der Waals surface area contributed by atoms with Gasteiger partial charge < -0.3 is 0 Å². The highest BCUT2D eigenvalue weighted by Crippen LogP contribution is 2.12. The van der Waals surface area contributed by atoms with Crippen LogP contribution in [-0.2, 0) is 0 Å². The van der Waals surface area contributed by atoms with Crippen molar-refractivity contribution in [1.29, 1.82) is 0 Å². The third-order valence-corrected chi connectivity index (χ3v) is 2.65. The van der Waals surface area contributed by atoms with Crippen LogP contribution >= 0.6 is 0 Å². The molecule has 0 N–H and O–H groups in total. The molecule has 2 aromatic carbocycles. The average Bonchev–Trinajstić information content (AvgIpc) is 2.41. The Morgan fingerprint density at radius 1 is 1.00 bits per heavy atom. The van der Waals surface area contributed by atoms with E-state index in [1.54, 1.807) is 37.3 Å². The molecule has 0 saturated carbocycles. The Hall–Kier alpha value is -2.22. The van der Waals surface area contributed by atoms with E-state index in [0.717, 1.165) is 5.56 Å². The molecule has 0 bridgehead atoms. The van der Waals surface area contributed by atoms with Gasteiger partial charge in [-0.15, -0.1) is 0 Å². The summed E-state index contributed by atoms with van der Waals surface area (Å²) in [4.78, 5) is 12.1. The van der Waals surface area contributed by atoms with Crippen LogP contribution in [0.25, 0.3) is 6.08 Å². The van der Waals surface area contributed by atoms with E-state index in [9.17, 15) is 9.18 Å². The molecule has 0 aliphatic carbocycles. The average molecular weight is 240 g/mol. The van der Waals surface area contributed by atoms with Gasteiger partial charge in [0.25, 0.3) is 0 Å². The van der Waals surface area contributed by atoms with Crippen molar-refractivity contribution >= 4 is 11.9 Å². The minimum atomic E-state index is -0.279. The van der Waals surface area contributed by atoms with E-state index in [2.05, 4.69) is 0 Å². The molecule has 2 rings (SSSR count). The Labute approximate surface area is 106 Å². The van der Waals surface area contributed by atoms with Crippen molar-refractivity contribution in [1.82, 2.24) is 0 Å². The zero-order valence-corrected chi connectivity index (χ0v) is 10.1. The molecule has 1 nitrogen and oxygen atoms in total. The Balaban J connectivity index is 2.23. The predicted molar refractivity (Wildman–Crippen MR) is 70.8 cm³/mol. The maximum absolute atomic E-state index is 12.8. The minimum Gasteiger partial charge on any atom is -0.289 e. The molecule has 0 unspecified atom stereocenters. The van der Waals surface area contributed by atoms with Crippen molar-refractivity contribution in [3.63, 3.8) is 0 Å². The molecule has 0 aromatic heterocycles. The van der Waals surface area contributed by atoms with Crippen LogP contribution in [-0.4, -0.2) is 5.78 Å².